The zero-order valence-electron chi connectivity index (χ0n) is 18.2. The summed E-state index contributed by atoms with van der Waals surface area (Å²) in [6.07, 6.45) is 1.93. The number of benzene rings is 3. The molecule has 1 aliphatic heterocycles. The van der Waals surface area contributed by atoms with Crippen molar-refractivity contribution < 1.29 is 19.0 Å². The van der Waals surface area contributed by atoms with Gasteiger partial charge in [-0.15, -0.1) is 0 Å². The molecule has 0 atom stereocenters. The van der Waals surface area contributed by atoms with E-state index in [0.717, 1.165) is 29.7 Å². The number of aryl methyl sites for hydroxylation is 2. The van der Waals surface area contributed by atoms with Crippen molar-refractivity contribution in [3.8, 4) is 17.2 Å². The molecule has 0 unspecified atom stereocenters. The van der Waals surface area contributed by atoms with E-state index in [0.29, 0.717) is 36.0 Å². The zero-order chi connectivity index (χ0) is 21.8. The molecule has 0 radical (unpaired) electrons. The summed E-state index contributed by atoms with van der Waals surface area (Å²) in [5.41, 5.74) is 4.87. The van der Waals surface area contributed by atoms with E-state index in [2.05, 4.69) is 6.07 Å². The number of nitrogens with zero attached hydrogens (tertiary/aromatic N) is 1. The van der Waals surface area contributed by atoms with E-state index in [4.69, 9.17) is 14.2 Å². The summed E-state index contributed by atoms with van der Waals surface area (Å²) in [5.74, 6) is 1.36. The van der Waals surface area contributed by atoms with E-state index < -0.39 is 0 Å². The molecule has 3 aromatic rings. The van der Waals surface area contributed by atoms with Crippen LogP contribution in [-0.4, -0.2) is 26.7 Å². The van der Waals surface area contributed by atoms with E-state index in [1.165, 1.54) is 5.56 Å². The first-order valence-electron chi connectivity index (χ1n) is 10.5. The summed E-state index contributed by atoms with van der Waals surface area (Å²) in [7, 11) is 3.14. The normalized spacial score (nSPS) is 12.8. The van der Waals surface area contributed by atoms with Gasteiger partial charge in [-0.25, -0.2) is 0 Å². The van der Waals surface area contributed by atoms with Gasteiger partial charge in [0.2, 0.25) is 5.75 Å². The number of para-hydroxylation sites is 1. The monoisotopic (exact) mass is 417 g/mol. The molecule has 31 heavy (non-hydrogen) atoms. The van der Waals surface area contributed by atoms with Crippen molar-refractivity contribution in [1.29, 1.82) is 0 Å². The molecule has 0 aliphatic carbocycles. The van der Waals surface area contributed by atoms with Gasteiger partial charge in [0.1, 0.15) is 6.61 Å². The summed E-state index contributed by atoms with van der Waals surface area (Å²) >= 11 is 0. The second kappa shape index (κ2) is 9.13. The molecule has 160 valence electrons. The molecule has 0 bridgehead atoms. The highest BCUT2D eigenvalue weighted by Gasteiger charge is 2.27. The summed E-state index contributed by atoms with van der Waals surface area (Å²) in [6, 6.07) is 19.5. The maximum absolute atomic E-state index is 13.5. The fourth-order valence-corrected chi connectivity index (χ4v) is 4.08. The molecule has 0 fully saturated rings. The topological polar surface area (TPSA) is 48.0 Å². The lowest BCUT2D eigenvalue weighted by atomic mass is 9.97. The summed E-state index contributed by atoms with van der Waals surface area (Å²) in [4.78, 5) is 15.4. The minimum Gasteiger partial charge on any atom is -0.493 e. The summed E-state index contributed by atoms with van der Waals surface area (Å²) in [6.45, 7) is 3.11. The Morgan fingerprint density at radius 2 is 1.68 bits per heavy atom. The van der Waals surface area contributed by atoms with Gasteiger partial charge in [-0.05, 0) is 48.6 Å². The van der Waals surface area contributed by atoms with Crippen molar-refractivity contribution >= 4 is 11.6 Å². The molecule has 3 aromatic carbocycles. The van der Waals surface area contributed by atoms with Crippen LogP contribution in [0.1, 0.15) is 33.5 Å². The van der Waals surface area contributed by atoms with Crippen LogP contribution in [0.15, 0.2) is 60.7 Å². The van der Waals surface area contributed by atoms with Crippen molar-refractivity contribution in [2.45, 2.75) is 26.4 Å². The van der Waals surface area contributed by atoms with Crippen LogP contribution < -0.4 is 19.1 Å². The Hall–Kier alpha value is -3.47. The number of ether oxygens (including phenoxy) is 3. The molecule has 0 N–H and O–H groups in total. The first-order valence-corrected chi connectivity index (χ1v) is 10.5. The molecular weight excluding hydrogens is 390 g/mol. The third-order valence-corrected chi connectivity index (χ3v) is 5.60. The highest BCUT2D eigenvalue weighted by atomic mass is 16.5. The molecule has 1 heterocycles. The summed E-state index contributed by atoms with van der Waals surface area (Å²) < 4.78 is 17.2. The highest BCUT2D eigenvalue weighted by molar-refractivity contribution is 6.08. The van der Waals surface area contributed by atoms with Crippen LogP contribution in [0.2, 0.25) is 0 Å². The lowest BCUT2D eigenvalue weighted by Gasteiger charge is -2.31. The van der Waals surface area contributed by atoms with E-state index >= 15 is 0 Å². The predicted molar refractivity (Wildman–Crippen MR) is 121 cm³/mol. The highest BCUT2D eigenvalue weighted by Crippen LogP contribution is 2.40. The molecule has 0 aromatic heterocycles. The van der Waals surface area contributed by atoms with Crippen LogP contribution in [0, 0.1) is 6.92 Å². The van der Waals surface area contributed by atoms with Gasteiger partial charge in [0.15, 0.2) is 11.5 Å². The Labute approximate surface area is 183 Å². The average Bonchev–Trinajstić information content (AvgIpc) is 2.82. The van der Waals surface area contributed by atoms with Crippen molar-refractivity contribution in [2.75, 3.05) is 25.7 Å². The Morgan fingerprint density at radius 1 is 0.968 bits per heavy atom. The fraction of sp³-hybridized carbons (Fsp3) is 0.269. The number of fused-ring (bicyclic) bond motifs is 1. The van der Waals surface area contributed by atoms with Crippen LogP contribution in [-0.2, 0) is 13.0 Å². The first-order chi connectivity index (χ1) is 15.1. The Morgan fingerprint density at radius 3 is 2.35 bits per heavy atom. The SMILES string of the molecule is COc1cc(C(=O)N2CCCc3cccc(C)c32)cc(OC)c1OCc1ccccc1. The van der Waals surface area contributed by atoms with Gasteiger partial charge in [-0.2, -0.15) is 0 Å². The molecule has 5 nitrogen and oxygen atoms in total. The average molecular weight is 418 g/mol. The molecule has 0 saturated heterocycles. The van der Waals surface area contributed by atoms with Gasteiger partial charge in [0.05, 0.1) is 19.9 Å². The number of amides is 1. The van der Waals surface area contributed by atoms with E-state index in [1.54, 1.807) is 26.4 Å². The number of carbonyl (C=O) groups excluding carboxylic acids is 1. The second-order valence-corrected chi connectivity index (χ2v) is 7.63. The van der Waals surface area contributed by atoms with E-state index in [9.17, 15) is 4.79 Å². The second-order valence-electron chi connectivity index (χ2n) is 7.63. The number of methoxy groups -OCH3 is 2. The van der Waals surface area contributed by atoms with Crippen molar-refractivity contribution in [1.82, 2.24) is 0 Å². The third-order valence-electron chi connectivity index (χ3n) is 5.60. The molecule has 1 aliphatic rings. The standard InChI is InChI=1S/C26H27NO4/c1-18-9-7-12-20-13-8-14-27(24(18)20)26(28)21-15-22(29-2)25(23(16-21)30-3)31-17-19-10-5-4-6-11-19/h4-7,9-12,15-16H,8,13-14,17H2,1-3H3. The first kappa shape index (κ1) is 20.8. The Balaban J connectivity index is 1.66. The summed E-state index contributed by atoms with van der Waals surface area (Å²) in [5, 5.41) is 0. The van der Waals surface area contributed by atoms with Gasteiger partial charge < -0.3 is 19.1 Å². The van der Waals surface area contributed by atoms with E-state index in [-0.39, 0.29) is 5.91 Å². The van der Waals surface area contributed by atoms with Crippen molar-refractivity contribution in [2.24, 2.45) is 0 Å². The van der Waals surface area contributed by atoms with Crippen molar-refractivity contribution in [3.63, 3.8) is 0 Å². The zero-order valence-corrected chi connectivity index (χ0v) is 18.2. The number of rotatable bonds is 6. The molecule has 4 rings (SSSR count). The fourth-order valence-electron chi connectivity index (χ4n) is 4.08. The number of hydrogen-bond acceptors (Lipinski definition) is 4. The largest absolute Gasteiger partial charge is 0.493 e. The minimum atomic E-state index is -0.0681. The van der Waals surface area contributed by atoms with Crippen LogP contribution in [0.25, 0.3) is 0 Å². The van der Waals surface area contributed by atoms with Crippen LogP contribution >= 0.6 is 0 Å². The number of hydrogen-bond donors (Lipinski definition) is 0. The Bertz CT molecular complexity index is 1050. The molecular formula is C26H27NO4. The third kappa shape index (κ3) is 4.22. The molecule has 0 spiro atoms. The quantitative estimate of drug-likeness (QED) is 0.554. The van der Waals surface area contributed by atoms with Gasteiger partial charge in [-0.3, -0.25) is 4.79 Å². The smallest absolute Gasteiger partial charge is 0.258 e. The van der Waals surface area contributed by atoms with Crippen LogP contribution in [0.5, 0.6) is 17.2 Å². The molecule has 5 heteroatoms. The maximum atomic E-state index is 13.5. The van der Waals surface area contributed by atoms with Crippen molar-refractivity contribution in [3.05, 3.63) is 82.9 Å². The van der Waals surface area contributed by atoms with Gasteiger partial charge in [0.25, 0.3) is 5.91 Å². The lowest BCUT2D eigenvalue weighted by Crippen LogP contribution is -2.36. The number of carbonyl (C=O) groups is 1. The predicted octanol–water partition coefficient (Wildman–Crippen LogP) is 5.18. The molecule has 0 saturated carbocycles. The van der Waals surface area contributed by atoms with Gasteiger partial charge >= 0.3 is 0 Å². The van der Waals surface area contributed by atoms with Gasteiger partial charge in [0, 0.05) is 12.1 Å². The van der Waals surface area contributed by atoms with Crippen LogP contribution in [0.3, 0.4) is 0 Å². The molecule has 1 amide bonds. The lowest BCUT2D eigenvalue weighted by molar-refractivity contribution is 0.0984. The van der Waals surface area contributed by atoms with Crippen LogP contribution in [0.4, 0.5) is 5.69 Å². The number of anilines is 1. The Kier molecular flexibility index (Phi) is 6.12. The maximum Gasteiger partial charge on any atom is 0.258 e. The van der Waals surface area contributed by atoms with Gasteiger partial charge in [-0.1, -0.05) is 48.5 Å². The minimum absolute atomic E-state index is 0.0681. The van der Waals surface area contributed by atoms with E-state index in [1.807, 2.05) is 54.3 Å².